The molecule has 0 aliphatic carbocycles. The van der Waals surface area contributed by atoms with Gasteiger partial charge in [-0.25, -0.2) is 26.3 Å². The summed E-state index contributed by atoms with van der Waals surface area (Å²) in [5.41, 5.74) is 0.349. The molecule has 3 nitrogen and oxygen atoms in total. The van der Waals surface area contributed by atoms with Crippen LogP contribution in [0.3, 0.4) is 0 Å². The molecule has 2 aromatic carbocycles. The van der Waals surface area contributed by atoms with Gasteiger partial charge >= 0.3 is 0 Å². The lowest BCUT2D eigenvalue weighted by molar-refractivity contribution is 0.514. The monoisotopic (exact) mass is 335 g/mol. The first-order valence-corrected chi connectivity index (χ1v) is 7.55. The van der Waals surface area contributed by atoms with E-state index in [9.17, 15) is 21.6 Å². The molecule has 0 bridgehead atoms. The van der Waals surface area contributed by atoms with Crippen molar-refractivity contribution in [3.05, 3.63) is 64.4 Å². The first-order chi connectivity index (χ1) is 9.81. The Morgan fingerprint density at radius 3 is 2.19 bits per heavy atom. The molecular formula is C13H9ClF3NO2S. The van der Waals surface area contributed by atoms with E-state index < -0.39 is 32.4 Å². The zero-order valence-electron chi connectivity index (χ0n) is 10.4. The Hall–Kier alpha value is -1.57. The van der Waals surface area contributed by atoms with Crippen molar-refractivity contribution in [1.82, 2.24) is 4.72 Å². The van der Waals surface area contributed by atoms with E-state index in [1.165, 1.54) is 12.1 Å². The normalized spacial score (nSPS) is 11.6. The van der Waals surface area contributed by atoms with Crippen LogP contribution in [0.5, 0.6) is 0 Å². The fraction of sp³-hybridized carbons (Fsp3) is 0.0769. The van der Waals surface area contributed by atoms with Crippen LogP contribution in [0.2, 0.25) is 5.02 Å². The molecule has 0 fully saturated rings. The summed E-state index contributed by atoms with van der Waals surface area (Å²) in [5.74, 6) is -3.04. The lowest BCUT2D eigenvalue weighted by Gasteiger charge is -2.09. The average molecular weight is 336 g/mol. The van der Waals surface area contributed by atoms with Crippen LogP contribution in [-0.4, -0.2) is 8.42 Å². The van der Waals surface area contributed by atoms with Gasteiger partial charge in [-0.3, -0.25) is 0 Å². The van der Waals surface area contributed by atoms with Gasteiger partial charge in [0.25, 0.3) is 0 Å². The van der Waals surface area contributed by atoms with Gasteiger partial charge in [-0.1, -0.05) is 23.7 Å². The summed E-state index contributed by atoms with van der Waals surface area (Å²) < 4.78 is 65.7. The average Bonchev–Trinajstić information content (AvgIpc) is 2.40. The molecule has 2 rings (SSSR count). The van der Waals surface area contributed by atoms with Gasteiger partial charge in [0.05, 0.1) is 5.02 Å². The van der Waals surface area contributed by atoms with Crippen molar-refractivity contribution in [2.45, 2.75) is 11.4 Å². The van der Waals surface area contributed by atoms with Crippen molar-refractivity contribution in [3.8, 4) is 0 Å². The standard InChI is InChI=1S/C13H9ClF3NO2S/c14-9-6-8(4-5-10(9)15)7-18-21(19,20)13-11(16)2-1-3-12(13)17/h1-6,18H,7H2. The first kappa shape index (κ1) is 15.8. The van der Waals surface area contributed by atoms with E-state index in [0.29, 0.717) is 5.56 Å². The van der Waals surface area contributed by atoms with Gasteiger partial charge in [0.2, 0.25) is 10.0 Å². The second-order valence-corrected chi connectivity index (χ2v) is 6.23. The van der Waals surface area contributed by atoms with Crippen molar-refractivity contribution in [1.29, 1.82) is 0 Å². The zero-order valence-corrected chi connectivity index (χ0v) is 12.0. The maximum atomic E-state index is 13.5. The van der Waals surface area contributed by atoms with Crippen molar-refractivity contribution in [2.24, 2.45) is 0 Å². The maximum Gasteiger partial charge on any atom is 0.246 e. The van der Waals surface area contributed by atoms with Crippen molar-refractivity contribution in [2.75, 3.05) is 0 Å². The van der Waals surface area contributed by atoms with E-state index >= 15 is 0 Å². The van der Waals surface area contributed by atoms with Gasteiger partial charge in [0.15, 0.2) is 4.90 Å². The predicted molar refractivity (Wildman–Crippen MR) is 71.8 cm³/mol. The van der Waals surface area contributed by atoms with Gasteiger partial charge < -0.3 is 0 Å². The molecule has 0 aliphatic rings. The third-order valence-corrected chi connectivity index (χ3v) is 4.38. The van der Waals surface area contributed by atoms with E-state index in [1.54, 1.807) is 0 Å². The molecule has 0 radical (unpaired) electrons. The fourth-order valence-electron chi connectivity index (χ4n) is 1.64. The molecule has 0 aliphatic heterocycles. The molecule has 21 heavy (non-hydrogen) atoms. The summed E-state index contributed by atoms with van der Waals surface area (Å²) >= 11 is 5.56. The molecule has 0 saturated carbocycles. The summed E-state index contributed by atoms with van der Waals surface area (Å²) in [5, 5.41) is -0.177. The van der Waals surface area contributed by atoms with E-state index in [0.717, 1.165) is 24.3 Å². The zero-order chi connectivity index (χ0) is 15.6. The quantitative estimate of drug-likeness (QED) is 0.932. The van der Waals surface area contributed by atoms with Gasteiger partial charge in [0, 0.05) is 6.54 Å². The molecule has 2 aromatic rings. The Morgan fingerprint density at radius 2 is 1.62 bits per heavy atom. The minimum absolute atomic E-state index is 0.177. The summed E-state index contributed by atoms with van der Waals surface area (Å²) in [6.07, 6.45) is 0. The van der Waals surface area contributed by atoms with Crippen LogP contribution in [0.25, 0.3) is 0 Å². The molecule has 8 heteroatoms. The number of nitrogens with one attached hydrogen (secondary N) is 1. The second-order valence-electron chi connectivity index (χ2n) is 4.12. The number of rotatable bonds is 4. The lowest BCUT2D eigenvalue weighted by Crippen LogP contribution is -2.25. The third-order valence-electron chi connectivity index (χ3n) is 2.64. The maximum absolute atomic E-state index is 13.5. The highest BCUT2D eigenvalue weighted by Crippen LogP contribution is 2.19. The van der Waals surface area contributed by atoms with Gasteiger partial charge in [-0.05, 0) is 29.8 Å². The van der Waals surface area contributed by atoms with Gasteiger partial charge in [-0.15, -0.1) is 0 Å². The van der Waals surface area contributed by atoms with Crippen LogP contribution in [-0.2, 0) is 16.6 Å². The second kappa shape index (κ2) is 6.05. The fourth-order valence-corrected chi connectivity index (χ4v) is 2.99. The van der Waals surface area contributed by atoms with Crippen molar-refractivity contribution in [3.63, 3.8) is 0 Å². The van der Waals surface area contributed by atoms with Crippen LogP contribution in [0, 0.1) is 17.5 Å². The molecule has 0 saturated heterocycles. The van der Waals surface area contributed by atoms with Crippen LogP contribution in [0.1, 0.15) is 5.56 Å². The van der Waals surface area contributed by atoms with Crippen LogP contribution < -0.4 is 4.72 Å². The van der Waals surface area contributed by atoms with Crippen molar-refractivity contribution >= 4 is 21.6 Å². The van der Waals surface area contributed by atoms with E-state index in [4.69, 9.17) is 11.6 Å². The molecule has 0 aromatic heterocycles. The van der Waals surface area contributed by atoms with Crippen molar-refractivity contribution < 1.29 is 21.6 Å². The van der Waals surface area contributed by atoms with E-state index in [-0.39, 0.29) is 11.6 Å². The van der Waals surface area contributed by atoms with Gasteiger partial charge in [-0.2, -0.15) is 0 Å². The van der Waals surface area contributed by atoms with E-state index in [2.05, 4.69) is 0 Å². The summed E-state index contributed by atoms with van der Waals surface area (Å²) in [4.78, 5) is -1.06. The van der Waals surface area contributed by atoms with Crippen LogP contribution in [0.15, 0.2) is 41.3 Å². The minimum Gasteiger partial charge on any atom is -0.207 e. The Bertz CT molecular complexity index is 761. The Kier molecular flexibility index (Phi) is 4.55. The Labute approximate surface area is 124 Å². The highest BCUT2D eigenvalue weighted by Gasteiger charge is 2.23. The summed E-state index contributed by atoms with van der Waals surface area (Å²) in [6, 6.07) is 6.33. The van der Waals surface area contributed by atoms with E-state index in [1.807, 2.05) is 4.72 Å². The largest absolute Gasteiger partial charge is 0.246 e. The number of hydrogen-bond acceptors (Lipinski definition) is 2. The molecule has 0 spiro atoms. The topological polar surface area (TPSA) is 46.2 Å². The summed E-state index contributed by atoms with van der Waals surface area (Å²) in [6.45, 7) is -0.282. The first-order valence-electron chi connectivity index (χ1n) is 5.69. The summed E-state index contributed by atoms with van der Waals surface area (Å²) in [7, 11) is -4.38. The molecule has 0 heterocycles. The smallest absolute Gasteiger partial charge is 0.207 e. The number of hydrogen-bond donors (Lipinski definition) is 1. The van der Waals surface area contributed by atoms with Crippen LogP contribution in [0.4, 0.5) is 13.2 Å². The number of benzene rings is 2. The SMILES string of the molecule is O=S(=O)(NCc1ccc(F)c(Cl)c1)c1c(F)cccc1F. The molecule has 0 unspecified atom stereocenters. The molecule has 112 valence electrons. The molecule has 1 N–H and O–H groups in total. The molecular weight excluding hydrogens is 327 g/mol. The molecule has 0 atom stereocenters. The van der Waals surface area contributed by atoms with Crippen LogP contribution >= 0.6 is 11.6 Å². The third kappa shape index (κ3) is 3.55. The number of halogens is 4. The predicted octanol–water partition coefficient (Wildman–Crippen LogP) is 3.24. The Morgan fingerprint density at radius 1 is 1.00 bits per heavy atom. The highest BCUT2D eigenvalue weighted by atomic mass is 35.5. The number of sulfonamides is 1. The Balaban J connectivity index is 2.24. The van der Waals surface area contributed by atoms with Gasteiger partial charge in [0.1, 0.15) is 17.5 Å². The lowest BCUT2D eigenvalue weighted by atomic mass is 10.2. The highest BCUT2D eigenvalue weighted by molar-refractivity contribution is 7.89. The minimum atomic E-state index is -4.38. The molecule has 0 amide bonds.